The van der Waals surface area contributed by atoms with Crippen molar-refractivity contribution in [3.8, 4) is 33.7 Å². The summed E-state index contributed by atoms with van der Waals surface area (Å²) in [5.74, 6) is 0.864. The molecule has 208 valence electrons. The van der Waals surface area contributed by atoms with E-state index in [1.54, 1.807) is 7.11 Å². The first kappa shape index (κ1) is 25.1. The van der Waals surface area contributed by atoms with Crippen molar-refractivity contribution in [2.24, 2.45) is 0 Å². The molecule has 0 aliphatic heterocycles. The summed E-state index contributed by atoms with van der Waals surface area (Å²) in [6.07, 6.45) is 0. The van der Waals surface area contributed by atoms with Gasteiger partial charge in [0.25, 0.3) is 0 Å². The molecule has 7 aromatic carbocycles. The van der Waals surface area contributed by atoms with E-state index in [1.807, 2.05) is 23.5 Å². The normalized spacial score (nSPS) is 11.8. The Bertz CT molecular complexity index is 2510. The van der Waals surface area contributed by atoms with Crippen molar-refractivity contribution in [2.45, 2.75) is 0 Å². The van der Waals surface area contributed by atoms with Gasteiger partial charge >= 0.3 is 0 Å². The summed E-state index contributed by atoms with van der Waals surface area (Å²) in [5, 5.41) is 7.79. The van der Waals surface area contributed by atoms with Crippen molar-refractivity contribution in [2.75, 3.05) is 7.11 Å². The van der Waals surface area contributed by atoms with E-state index in [-0.39, 0.29) is 0 Å². The molecule has 0 fully saturated rings. The van der Waals surface area contributed by atoms with E-state index < -0.39 is 0 Å². The van der Waals surface area contributed by atoms with Gasteiger partial charge in [-0.3, -0.25) is 0 Å². The van der Waals surface area contributed by atoms with Crippen LogP contribution >= 0.6 is 11.3 Å². The second-order valence-electron chi connectivity index (χ2n) is 11.3. The van der Waals surface area contributed by atoms with Crippen LogP contribution in [-0.2, 0) is 0 Å². The second-order valence-corrected chi connectivity index (χ2v) is 12.3. The maximum absolute atomic E-state index is 5.45. The first-order chi connectivity index (χ1) is 21.8. The van der Waals surface area contributed by atoms with E-state index in [9.17, 15) is 0 Å². The lowest BCUT2D eigenvalue weighted by Gasteiger charge is -2.11. The Hall–Kier alpha value is -5.38. The summed E-state index contributed by atoms with van der Waals surface area (Å²) in [6.45, 7) is 0. The fourth-order valence-electron chi connectivity index (χ4n) is 6.84. The zero-order valence-corrected chi connectivity index (χ0v) is 24.9. The molecule has 0 saturated carbocycles. The van der Waals surface area contributed by atoms with Crippen LogP contribution in [0.15, 0.2) is 146 Å². The highest BCUT2D eigenvalue weighted by Crippen LogP contribution is 2.49. The van der Waals surface area contributed by atoms with Crippen molar-refractivity contribution < 1.29 is 4.74 Å². The largest absolute Gasteiger partial charge is 0.497 e. The summed E-state index contributed by atoms with van der Waals surface area (Å²) >= 11 is 1.91. The summed E-state index contributed by atoms with van der Waals surface area (Å²) in [6, 6.07) is 52.7. The Morgan fingerprint density at radius 1 is 0.500 bits per heavy atom. The molecule has 0 aliphatic rings. The Kier molecular flexibility index (Phi) is 5.62. The summed E-state index contributed by atoms with van der Waals surface area (Å²) in [7, 11) is 1.71. The molecule has 0 unspecified atom stereocenters. The minimum atomic E-state index is 0.864. The summed E-state index contributed by atoms with van der Waals surface area (Å²) in [4.78, 5) is 0. The number of ether oxygens (including phenoxy) is 1. The quantitative estimate of drug-likeness (QED) is 0.202. The molecule has 3 heteroatoms. The van der Waals surface area contributed by atoms with Crippen LogP contribution in [0.2, 0.25) is 0 Å². The maximum Gasteiger partial charge on any atom is 0.118 e. The molecule has 2 nitrogen and oxygen atoms in total. The molecule has 0 N–H and O–H groups in total. The third kappa shape index (κ3) is 3.73. The van der Waals surface area contributed by atoms with Crippen LogP contribution in [-0.4, -0.2) is 11.7 Å². The molecule has 9 rings (SSSR count). The first-order valence-corrected chi connectivity index (χ1v) is 15.7. The van der Waals surface area contributed by atoms with E-state index in [0.717, 1.165) is 5.75 Å². The molecule has 0 amide bonds. The number of hydrogen-bond acceptors (Lipinski definition) is 2. The van der Waals surface area contributed by atoms with Crippen molar-refractivity contribution >= 4 is 64.1 Å². The molecule has 0 bridgehead atoms. The lowest BCUT2D eigenvalue weighted by atomic mass is 9.96. The van der Waals surface area contributed by atoms with E-state index >= 15 is 0 Å². The van der Waals surface area contributed by atoms with Crippen molar-refractivity contribution in [3.05, 3.63) is 146 Å². The smallest absolute Gasteiger partial charge is 0.118 e. The fourth-order valence-corrected chi connectivity index (χ4v) is 8.07. The minimum absolute atomic E-state index is 0.864. The number of thiophene rings is 1. The van der Waals surface area contributed by atoms with Gasteiger partial charge in [-0.05, 0) is 70.8 Å². The van der Waals surface area contributed by atoms with Crippen LogP contribution < -0.4 is 4.74 Å². The molecular formula is C41H27NOS. The number of methoxy groups -OCH3 is 1. The first-order valence-electron chi connectivity index (χ1n) is 14.9. The van der Waals surface area contributed by atoms with Gasteiger partial charge in [-0.15, -0.1) is 11.3 Å². The predicted molar refractivity (Wildman–Crippen MR) is 189 cm³/mol. The number of hydrogen-bond donors (Lipinski definition) is 0. The second kappa shape index (κ2) is 9.84. The monoisotopic (exact) mass is 581 g/mol. The molecule has 0 saturated heterocycles. The van der Waals surface area contributed by atoms with Gasteiger partial charge in [0, 0.05) is 47.4 Å². The average Bonchev–Trinajstić information content (AvgIpc) is 3.65. The number of aromatic nitrogens is 1. The van der Waals surface area contributed by atoms with Crippen molar-refractivity contribution in [1.82, 2.24) is 4.57 Å². The Labute approximate surface area is 259 Å². The standard InChI is InChI=1S/C41H27NOS/c1-43-31-20-16-27(17-21-31)28-18-22-36-34(24-28)38-39-35-25-29(26-10-4-2-5-11-26)19-23-37(35)44-41(39)33-15-9-8-14-32(33)40(38)42(36)30-12-6-3-7-13-30/h2-25H,1H3. The lowest BCUT2D eigenvalue weighted by molar-refractivity contribution is 0.415. The Balaban J connectivity index is 1.48. The molecule has 2 aromatic heterocycles. The number of rotatable bonds is 4. The number of benzene rings is 7. The fraction of sp³-hybridized carbons (Fsp3) is 0.0244. The van der Waals surface area contributed by atoms with E-state index in [1.165, 1.54) is 80.7 Å². The zero-order chi connectivity index (χ0) is 29.2. The summed E-state index contributed by atoms with van der Waals surface area (Å²) in [5.41, 5.74) is 8.47. The van der Waals surface area contributed by atoms with Gasteiger partial charge in [0.05, 0.1) is 18.1 Å². The number of fused-ring (bicyclic) bond motifs is 10. The van der Waals surface area contributed by atoms with E-state index in [0.29, 0.717) is 0 Å². The third-order valence-electron chi connectivity index (χ3n) is 8.88. The molecule has 9 aromatic rings. The van der Waals surface area contributed by atoms with Gasteiger partial charge < -0.3 is 9.30 Å². The summed E-state index contributed by atoms with van der Waals surface area (Å²) < 4.78 is 10.6. The SMILES string of the molecule is COc1ccc(-c2ccc3c(c2)c2c4c5cc(-c6ccccc6)ccc5sc4c4ccccc4c2n3-c2ccccc2)cc1. The van der Waals surface area contributed by atoms with Gasteiger partial charge in [-0.25, -0.2) is 0 Å². The molecule has 2 heterocycles. The van der Waals surface area contributed by atoms with E-state index in [2.05, 4.69) is 138 Å². The van der Waals surface area contributed by atoms with Crippen LogP contribution in [0, 0.1) is 0 Å². The third-order valence-corrected chi connectivity index (χ3v) is 10.1. The van der Waals surface area contributed by atoms with E-state index in [4.69, 9.17) is 4.74 Å². The number of nitrogens with zero attached hydrogens (tertiary/aromatic N) is 1. The number of para-hydroxylation sites is 1. The molecular weight excluding hydrogens is 555 g/mol. The van der Waals surface area contributed by atoms with Gasteiger partial charge in [-0.1, -0.05) is 97.1 Å². The molecule has 0 atom stereocenters. The Morgan fingerprint density at radius 2 is 1.11 bits per heavy atom. The van der Waals surface area contributed by atoms with Gasteiger partial charge in [0.2, 0.25) is 0 Å². The van der Waals surface area contributed by atoms with Crippen LogP contribution in [0.4, 0.5) is 0 Å². The minimum Gasteiger partial charge on any atom is -0.497 e. The van der Waals surface area contributed by atoms with Crippen LogP contribution in [0.3, 0.4) is 0 Å². The molecule has 44 heavy (non-hydrogen) atoms. The maximum atomic E-state index is 5.45. The average molecular weight is 582 g/mol. The van der Waals surface area contributed by atoms with Crippen LogP contribution in [0.25, 0.3) is 80.7 Å². The van der Waals surface area contributed by atoms with Gasteiger partial charge in [-0.2, -0.15) is 0 Å². The predicted octanol–water partition coefficient (Wildman–Crippen LogP) is 11.6. The van der Waals surface area contributed by atoms with Crippen molar-refractivity contribution in [1.29, 1.82) is 0 Å². The molecule has 0 radical (unpaired) electrons. The topological polar surface area (TPSA) is 14.2 Å². The zero-order valence-electron chi connectivity index (χ0n) is 24.1. The highest BCUT2D eigenvalue weighted by atomic mass is 32.1. The van der Waals surface area contributed by atoms with Crippen LogP contribution in [0.5, 0.6) is 5.75 Å². The molecule has 0 aliphatic carbocycles. The molecule has 0 spiro atoms. The Morgan fingerprint density at radius 3 is 1.86 bits per heavy atom. The van der Waals surface area contributed by atoms with Gasteiger partial charge in [0.1, 0.15) is 5.75 Å². The highest BCUT2D eigenvalue weighted by Gasteiger charge is 2.22. The highest BCUT2D eigenvalue weighted by molar-refractivity contribution is 7.27. The van der Waals surface area contributed by atoms with Gasteiger partial charge in [0.15, 0.2) is 0 Å². The van der Waals surface area contributed by atoms with Crippen molar-refractivity contribution in [3.63, 3.8) is 0 Å². The lowest BCUT2D eigenvalue weighted by Crippen LogP contribution is -1.94. The van der Waals surface area contributed by atoms with Crippen LogP contribution in [0.1, 0.15) is 0 Å².